The molecule has 0 aliphatic heterocycles. The first-order valence-electron chi connectivity index (χ1n) is 13.1. The molecule has 1 amide bonds. The van der Waals surface area contributed by atoms with Gasteiger partial charge in [0.2, 0.25) is 0 Å². The number of allylic oxidation sites excluding steroid dienone is 2. The summed E-state index contributed by atoms with van der Waals surface area (Å²) >= 11 is 0. The van der Waals surface area contributed by atoms with E-state index in [4.69, 9.17) is 9.72 Å². The van der Waals surface area contributed by atoms with Gasteiger partial charge in [-0.05, 0) is 57.1 Å². The van der Waals surface area contributed by atoms with E-state index >= 15 is 0 Å². The van der Waals surface area contributed by atoms with Gasteiger partial charge in [-0.1, -0.05) is 31.4 Å². The second-order valence-corrected chi connectivity index (χ2v) is 9.71. The zero-order valence-electron chi connectivity index (χ0n) is 20.9. The average molecular weight is 497 g/mol. The summed E-state index contributed by atoms with van der Waals surface area (Å²) < 4.78 is 6.93. The van der Waals surface area contributed by atoms with Crippen molar-refractivity contribution in [1.82, 2.24) is 14.7 Å². The molecule has 2 aromatic heterocycles. The number of carbonyl (C=O) groups excluding carboxylic acids is 2. The number of hydrogen-bond acceptors (Lipinski definition) is 6. The molecule has 194 valence electrons. The number of hydrogen-bond donors (Lipinski definition) is 3. The lowest BCUT2D eigenvalue weighted by molar-refractivity contribution is -0.141. The quantitative estimate of drug-likeness (QED) is 0.331. The summed E-state index contributed by atoms with van der Waals surface area (Å²) in [5, 5.41) is 15.6. The van der Waals surface area contributed by atoms with Crippen LogP contribution in [0.5, 0.6) is 0 Å². The number of pyridine rings is 1. The van der Waals surface area contributed by atoms with Gasteiger partial charge in [0.25, 0.3) is 5.91 Å². The standard InChI is InChI=1S/C27H36N4O5/c1-2-36-24(34)17-28-26-25(19-11-7-4-8-12-19)30-22-15-20(13-14-31(22)26)27(35)29-21(16-23(32)33)18-9-5-3-6-10-18/h4,7,13-15,18-19,21,28H,2-3,5-6,8-12,16-17H2,1H3,(H,29,35)(H,32,33). The zero-order chi connectivity index (χ0) is 25.5. The van der Waals surface area contributed by atoms with E-state index in [2.05, 4.69) is 22.8 Å². The van der Waals surface area contributed by atoms with Gasteiger partial charge in [-0.15, -0.1) is 0 Å². The highest BCUT2D eigenvalue weighted by Gasteiger charge is 2.28. The Kier molecular flexibility index (Phi) is 8.61. The van der Waals surface area contributed by atoms with Crippen LogP contribution in [0, 0.1) is 5.92 Å². The van der Waals surface area contributed by atoms with Crippen molar-refractivity contribution >= 4 is 29.3 Å². The molecule has 0 bridgehead atoms. The Morgan fingerprint density at radius 2 is 2.00 bits per heavy atom. The minimum atomic E-state index is -0.905. The molecule has 3 N–H and O–H groups in total. The number of nitrogens with zero attached hydrogens (tertiary/aromatic N) is 2. The van der Waals surface area contributed by atoms with E-state index in [-0.39, 0.29) is 36.7 Å². The lowest BCUT2D eigenvalue weighted by Gasteiger charge is -2.30. The third-order valence-corrected chi connectivity index (χ3v) is 7.21. The van der Waals surface area contributed by atoms with E-state index in [1.54, 1.807) is 25.3 Å². The molecule has 0 spiro atoms. The maximum Gasteiger partial charge on any atom is 0.325 e. The second kappa shape index (κ2) is 12.1. The third-order valence-electron chi connectivity index (χ3n) is 7.21. The first-order valence-corrected chi connectivity index (χ1v) is 13.1. The number of carboxylic acids is 1. The van der Waals surface area contributed by atoms with Gasteiger partial charge in [-0.3, -0.25) is 18.8 Å². The topological polar surface area (TPSA) is 122 Å². The van der Waals surface area contributed by atoms with Gasteiger partial charge < -0.3 is 20.5 Å². The molecule has 1 saturated carbocycles. The van der Waals surface area contributed by atoms with Gasteiger partial charge in [0.15, 0.2) is 0 Å². The van der Waals surface area contributed by atoms with Crippen LogP contribution in [0.4, 0.5) is 5.82 Å². The van der Waals surface area contributed by atoms with Crippen LogP contribution in [0.25, 0.3) is 5.65 Å². The summed E-state index contributed by atoms with van der Waals surface area (Å²) in [5.41, 5.74) is 1.91. The smallest absolute Gasteiger partial charge is 0.325 e. The molecule has 0 saturated heterocycles. The number of nitrogens with one attached hydrogen (secondary N) is 2. The number of ether oxygens (including phenoxy) is 1. The van der Waals surface area contributed by atoms with Crippen molar-refractivity contribution in [3.05, 3.63) is 41.7 Å². The highest BCUT2D eigenvalue weighted by Crippen LogP contribution is 2.34. The summed E-state index contributed by atoms with van der Waals surface area (Å²) in [4.78, 5) is 41.5. The highest BCUT2D eigenvalue weighted by atomic mass is 16.5. The summed E-state index contributed by atoms with van der Waals surface area (Å²) in [5.74, 6) is -0.415. The number of amides is 1. The lowest BCUT2D eigenvalue weighted by atomic mass is 9.82. The van der Waals surface area contributed by atoms with E-state index in [0.29, 0.717) is 17.8 Å². The fourth-order valence-corrected chi connectivity index (χ4v) is 5.39. The molecule has 9 nitrogen and oxygen atoms in total. The SMILES string of the molecule is CCOC(=O)CNc1c(C2CC=CCC2)nc2cc(C(=O)NC(CC(=O)O)C3CCCCC3)ccn12. The van der Waals surface area contributed by atoms with Crippen LogP contribution in [-0.4, -0.2) is 51.5 Å². The fourth-order valence-electron chi connectivity index (χ4n) is 5.39. The van der Waals surface area contributed by atoms with Crippen LogP contribution >= 0.6 is 0 Å². The van der Waals surface area contributed by atoms with Gasteiger partial charge in [0.05, 0.1) is 18.7 Å². The van der Waals surface area contributed by atoms with Crippen molar-refractivity contribution in [2.75, 3.05) is 18.5 Å². The normalized spacial score (nSPS) is 19.1. The maximum atomic E-state index is 13.2. The Morgan fingerprint density at radius 1 is 1.19 bits per heavy atom. The van der Waals surface area contributed by atoms with Crippen LogP contribution in [0.2, 0.25) is 0 Å². The molecule has 2 unspecified atom stereocenters. The summed E-state index contributed by atoms with van der Waals surface area (Å²) in [6.07, 6.45) is 14.0. The molecule has 2 heterocycles. The number of aromatic nitrogens is 2. The van der Waals surface area contributed by atoms with Gasteiger partial charge in [-0.2, -0.15) is 0 Å². The van der Waals surface area contributed by atoms with Gasteiger partial charge in [0.1, 0.15) is 18.0 Å². The third kappa shape index (κ3) is 6.25. The van der Waals surface area contributed by atoms with E-state index in [9.17, 15) is 19.5 Å². The molecule has 2 atom stereocenters. The first-order chi connectivity index (χ1) is 17.5. The van der Waals surface area contributed by atoms with Crippen LogP contribution in [-0.2, 0) is 14.3 Å². The summed E-state index contributed by atoms with van der Waals surface area (Å²) in [6.45, 7) is 2.11. The molecule has 0 aromatic carbocycles. The number of rotatable bonds is 10. The number of anilines is 1. The predicted octanol–water partition coefficient (Wildman–Crippen LogP) is 4.29. The van der Waals surface area contributed by atoms with Gasteiger partial charge in [0, 0.05) is 23.7 Å². The molecule has 2 aliphatic rings. The molecular weight excluding hydrogens is 460 g/mol. The van der Waals surface area contributed by atoms with Crippen molar-refractivity contribution in [3.8, 4) is 0 Å². The Hall–Kier alpha value is -3.36. The minimum absolute atomic E-state index is 0.0255. The van der Waals surface area contributed by atoms with E-state index < -0.39 is 12.0 Å². The Morgan fingerprint density at radius 3 is 2.69 bits per heavy atom. The molecule has 36 heavy (non-hydrogen) atoms. The number of carboxylic acid groups (broad SMARTS) is 1. The van der Waals surface area contributed by atoms with Crippen molar-refractivity contribution < 1.29 is 24.2 Å². The van der Waals surface area contributed by atoms with E-state index in [1.165, 1.54) is 0 Å². The average Bonchev–Trinajstić information content (AvgIpc) is 3.26. The van der Waals surface area contributed by atoms with Crippen molar-refractivity contribution in [3.63, 3.8) is 0 Å². The number of aliphatic carboxylic acids is 1. The highest BCUT2D eigenvalue weighted by molar-refractivity contribution is 5.95. The molecule has 0 radical (unpaired) electrons. The molecule has 4 rings (SSSR count). The Bertz CT molecular complexity index is 1120. The number of fused-ring (bicyclic) bond motifs is 1. The lowest BCUT2D eigenvalue weighted by Crippen LogP contribution is -2.42. The van der Waals surface area contributed by atoms with Crippen molar-refractivity contribution in [2.45, 2.75) is 76.7 Å². The van der Waals surface area contributed by atoms with E-state index in [0.717, 1.165) is 62.9 Å². The minimum Gasteiger partial charge on any atom is -0.481 e. The zero-order valence-corrected chi connectivity index (χ0v) is 20.9. The van der Waals surface area contributed by atoms with Gasteiger partial charge in [-0.25, -0.2) is 4.98 Å². The maximum absolute atomic E-state index is 13.2. The number of carbonyl (C=O) groups is 3. The second-order valence-electron chi connectivity index (χ2n) is 9.71. The van der Waals surface area contributed by atoms with Gasteiger partial charge >= 0.3 is 11.9 Å². The molecule has 9 heteroatoms. The van der Waals surface area contributed by atoms with Crippen molar-refractivity contribution in [1.29, 1.82) is 0 Å². The van der Waals surface area contributed by atoms with Crippen LogP contribution in [0.15, 0.2) is 30.5 Å². The first kappa shape index (κ1) is 25.7. The number of imidazole rings is 1. The van der Waals surface area contributed by atoms with Crippen LogP contribution < -0.4 is 10.6 Å². The Labute approximate surface area is 211 Å². The summed E-state index contributed by atoms with van der Waals surface area (Å²) in [7, 11) is 0. The van der Waals surface area contributed by atoms with Crippen molar-refractivity contribution in [2.24, 2.45) is 5.92 Å². The molecule has 2 aromatic rings. The monoisotopic (exact) mass is 496 g/mol. The molecule has 2 aliphatic carbocycles. The molecule has 1 fully saturated rings. The fraction of sp³-hybridized carbons (Fsp3) is 0.556. The van der Waals surface area contributed by atoms with E-state index in [1.807, 2.05) is 4.40 Å². The van der Waals surface area contributed by atoms with Crippen LogP contribution in [0.3, 0.4) is 0 Å². The van der Waals surface area contributed by atoms with Crippen LogP contribution in [0.1, 0.15) is 86.7 Å². The Balaban J connectivity index is 1.58. The largest absolute Gasteiger partial charge is 0.481 e. The molecular formula is C27H36N4O5. The predicted molar refractivity (Wildman–Crippen MR) is 136 cm³/mol. The summed E-state index contributed by atoms with van der Waals surface area (Å²) in [6, 6.07) is 3.05. The number of esters is 1.